The van der Waals surface area contributed by atoms with E-state index < -0.39 is 53.8 Å². The third-order valence-corrected chi connectivity index (χ3v) is 17.4. The van der Waals surface area contributed by atoms with E-state index in [4.69, 9.17) is 28.0 Å². The van der Waals surface area contributed by atoms with Crippen molar-refractivity contribution >= 4 is 35.6 Å². The molecule has 0 spiro atoms. The third kappa shape index (κ3) is 15.2. The van der Waals surface area contributed by atoms with Crippen molar-refractivity contribution in [2.75, 3.05) is 53.0 Å². The first-order valence-corrected chi connectivity index (χ1v) is 29.6. The number of nitrogens with one attached hydrogen (secondary N) is 1. The highest BCUT2D eigenvalue weighted by Gasteiger charge is 2.45. The first-order valence-electron chi connectivity index (χ1n) is 27.0. The normalized spacial score (nSPS) is 16.2. The van der Waals surface area contributed by atoms with Crippen LogP contribution in [0, 0.1) is 18.3 Å². The second-order valence-electron chi connectivity index (χ2n) is 20.2. The van der Waals surface area contributed by atoms with E-state index in [9.17, 15) is 23.3 Å². The average Bonchev–Trinajstić information content (AvgIpc) is 3.86. The number of methoxy groups -OCH3 is 2. The van der Waals surface area contributed by atoms with Gasteiger partial charge in [-0.3, -0.25) is 13.9 Å². The number of sulfonamides is 1. The topological polar surface area (TPSA) is 201 Å². The summed E-state index contributed by atoms with van der Waals surface area (Å²) < 4.78 is 72.8. The van der Waals surface area contributed by atoms with E-state index in [0.29, 0.717) is 54.1 Å². The molecule has 80 heavy (non-hydrogen) atoms. The van der Waals surface area contributed by atoms with E-state index >= 15 is 0 Å². The average molecular weight is 1130 g/mol. The van der Waals surface area contributed by atoms with E-state index in [2.05, 4.69) is 53.4 Å². The first kappa shape index (κ1) is 61.0. The molecule has 1 N–H and O–H groups in total. The molecule has 20 heteroatoms. The summed E-state index contributed by atoms with van der Waals surface area (Å²) in [5.41, 5.74) is 2.95. The monoisotopic (exact) mass is 1130 g/mol. The minimum atomic E-state index is -3.78. The molecule has 1 aromatic heterocycles. The van der Waals surface area contributed by atoms with Crippen molar-refractivity contribution in [2.24, 2.45) is 10.2 Å². The van der Waals surface area contributed by atoms with Gasteiger partial charge in [-0.1, -0.05) is 67.4 Å². The van der Waals surface area contributed by atoms with Crippen molar-refractivity contribution in [3.63, 3.8) is 0 Å². The maximum atomic E-state index is 14.6. The fourth-order valence-electron chi connectivity index (χ4n) is 9.65. The number of nitrogens with zero attached hydrogens (tertiary/aromatic N) is 7. The molecule has 5 aromatic carbocycles. The second-order valence-corrected chi connectivity index (χ2v) is 23.4. The molecule has 0 radical (unpaired) electrons. The van der Waals surface area contributed by atoms with Gasteiger partial charge in [-0.25, -0.2) is 22.6 Å². The van der Waals surface area contributed by atoms with Gasteiger partial charge in [0.25, 0.3) is 14.1 Å². The molecule has 4 atom stereocenters. The fourth-order valence-corrected chi connectivity index (χ4v) is 12.5. The van der Waals surface area contributed by atoms with Gasteiger partial charge in [-0.15, -0.1) is 0 Å². The van der Waals surface area contributed by atoms with Crippen LogP contribution >= 0.6 is 8.53 Å². The molecule has 7 rings (SSSR count). The Labute approximate surface area is 471 Å². The van der Waals surface area contributed by atoms with Crippen LogP contribution in [0.25, 0.3) is 0 Å². The number of hydrogen-bond acceptors (Lipinski definition) is 15. The van der Waals surface area contributed by atoms with Gasteiger partial charge >= 0.3 is 5.69 Å². The van der Waals surface area contributed by atoms with Gasteiger partial charge in [-0.2, -0.15) is 15.5 Å². The molecule has 426 valence electrons. The third-order valence-electron chi connectivity index (χ3n) is 13.8. The Hall–Kier alpha value is -6.59. The molecular weight excluding hydrogens is 1060 g/mol. The van der Waals surface area contributed by atoms with Crippen LogP contribution in [0.4, 0.5) is 17.1 Å². The number of azo groups is 1. The number of hydrogen-bond donors (Lipinski definition) is 1. The van der Waals surface area contributed by atoms with Gasteiger partial charge in [-0.05, 0) is 137 Å². The number of aryl methyl sites for hydroxylation is 1. The summed E-state index contributed by atoms with van der Waals surface area (Å²) in [6.45, 7) is 10.4. The molecule has 0 amide bonds. The summed E-state index contributed by atoms with van der Waals surface area (Å²) in [5.74, 6) is 1.35. The molecule has 1 saturated heterocycles. The molecule has 18 nitrogen and oxygen atoms in total. The zero-order valence-corrected chi connectivity index (χ0v) is 48.9. The minimum absolute atomic E-state index is 0.0101. The highest BCUT2D eigenvalue weighted by molar-refractivity contribution is 7.89. The zero-order chi connectivity index (χ0) is 57.4. The number of anilines is 1. The lowest BCUT2D eigenvalue weighted by Crippen LogP contribution is -2.42. The highest BCUT2D eigenvalue weighted by Crippen LogP contribution is 2.51. The predicted molar refractivity (Wildman–Crippen MR) is 312 cm³/mol. The molecule has 0 bridgehead atoms. The Kier molecular flexibility index (Phi) is 21.9. The summed E-state index contributed by atoms with van der Waals surface area (Å²) in [5, 5.41) is 18.0. The predicted octanol–water partition coefficient (Wildman–Crippen LogP) is 11.3. The van der Waals surface area contributed by atoms with Crippen molar-refractivity contribution < 1.29 is 36.4 Å². The molecule has 2 heterocycles. The van der Waals surface area contributed by atoms with Crippen LogP contribution in [0.1, 0.15) is 94.7 Å². The maximum absolute atomic E-state index is 14.6. The Morgan fingerprint density at radius 3 is 1.90 bits per heavy atom. The summed E-state index contributed by atoms with van der Waals surface area (Å²) >= 11 is 0. The number of rotatable bonds is 29. The van der Waals surface area contributed by atoms with E-state index in [0.717, 1.165) is 22.4 Å². The van der Waals surface area contributed by atoms with Crippen molar-refractivity contribution in [3.05, 3.63) is 177 Å². The van der Waals surface area contributed by atoms with Crippen LogP contribution in [-0.2, 0) is 40.7 Å². The van der Waals surface area contributed by atoms with Crippen LogP contribution in [-0.4, -0.2) is 94.6 Å². The molecule has 0 saturated carbocycles. The van der Waals surface area contributed by atoms with E-state index in [1.807, 2.05) is 122 Å². The van der Waals surface area contributed by atoms with E-state index in [1.165, 1.54) is 21.3 Å². The standard InChI is InChI=1S/C60H75N8O10PS/c1-43(2)68(44(3)4)79(76-39-17-36-61)78-55-40-57(77-56(55)42-75-60(46-18-13-12-14-19-46,47-20-30-52(73-8)31-21-47)48-22-32-53(74-9)33-23-48)67-41-45(5)58(69)66(59(67)70)38-16-11-10-15-37-62-80(71,72)54-34-26-50(27-35-54)64-63-49-24-28-51(29-25-49)65(6)7/h12-14,18-35,41,43-44,55-57,62H,10-11,15-17,37-40,42H2,1-9H3/t55-,56-,57-,79?/m1/s1. The summed E-state index contributed by atoms with van der Waals surface area (Å²) in [4.78, 5) is 30.4. The van der Waals surface area contributed by atoms with E-state index in [-0.39, 0.29) is 56.1 Å². The minimum Gasteiger partial charge on any atom is -0.497 e. The van der Waals surface area contributed by atoms with Crippen LogP contribution in [0.3, 0.4) is 0 Å². The van der Waals surface area contributed by atoms with Gasteiger partial charge in [0.1, 0.15) is 29.4 Å². The Morgan fingerprint density at radius 2 is 1.35 bits per heavy atom. The van der Waals surface area contributed by atoms with Crippen molar-refractivity contribution in [3.8, 4) is 17.6 Å². The van der Waals surface area contributed by atoms with Gasteiger partial charge in [0.2, 0.25) is 10.0 Å². The van der Waals surface area contributed by atoms with Crippen molar-refractivity contribution in [2.45, 2.75) is 121 Å². The van der Waals surface area contributed by atoms with Crippen LogP contribution < -0.4 is 30.3 Å². The fraction of sp³-hybridized carbons (Fsp3) is 0.417. The summed E-state index contributed by atoms with van der Waals surface area (Å²) in [7, 11) is 1.61. The summed E-state index contributed by atoms with van der Waals surface area (Å²) in [6.07, 6.45) is 1.91. The molecule has 1 unspecified atom stereocenters. The molecule has 0 aliphatic carbocycles. The quantitative estimate of drug-likeness (QED) is 0.0201. The SMILES string of the molecule is COc1ccc(C(OC[C@H]2O[C@@H](n3cc(C)c(=O)n(CCCCCCNS(=O)(=O)c4ccc(N=Nc5ccc(N(C)C)cc5)cc4)c3=O)C[C@H]2OP(OCCC#N)N(C(C)C)C(C)C)(c2ccccc2)c2ccc(OC)cc2)cc1. The van der Waals surface area contributed by atoms with Gasteiger partial charge in [0.15, 0.2) is 0 Å². The highest BCUT2D eigenvalue weighted by atomic mass is 32.2. The lowest BCUT2D eigenvalue weighted by molar-refractivity contribution is -0.0927. The molecular formula is C60H75N8O10PS. The first-order chi connectivity index (χ1) is 38.5. The van der Waals surface area contributed by atoms with Crippen molar-refractivity contribution in [1.29, 1.82) is 5.26 Å². The lowest BCUT2D eigenvalue weighted by Gasteiger charge is -2.39. The Morgan fingerprint density at radius 1 is 0.787 bits per heavy atom. The number of aromatic nitrogens is 2. The lowest BCUT2D eigenvalue weighted by atomic mass is 9.80. The van der Waals surface area contributed by atoms with Gasteiger partial charge in [0.05, 0.1) is 62.3 Å². The Bertz CT molecular complexity index is 3170. The molecule has 1 fully saturated rings. The summed E-state index contributed by atoms with van der Waals surface area (Å²) in [6, 6.07) is 41.4. The molecule has 1 aliphatic rings. The maximum Gasteiger partial charge on any atom is 0.333 e. The Balaban J connectivity index is 1.08. The molecule has 6 aromatic rings. The molecule has 1 aliphatic heterocycles. The number of ether oxygens (including phenoxy) is 4. The van der Waals surface area contributed by atoms with E-state index in [1.54, 1.807) is 39.5 Å². The smallest absolute Gasteiger partial charge is 0.333 e. The van der Waals surface area contributed by atoms with Gasteiger partial charge in [0, 0.05) is 63.1 Å². The van der Waals surface area contributed by atoms with Gasteiger partial charge < -0.3 is 32.9 Å². The van der Waals surface area contributed by atoms with Crippen LogP contribution in [0.15, 0.2) is 158 Å². The zero-order valence-electron chi connectivity index (χ0n) is 47.2. The second kappa shape index (κ2) is 28.7. The van der Waals surface area contributed by atoms with Crippen LogP contribution in [0.5, 0.6) is 11.5 Å². The number of benzene rings is 5. The number of unbranched alkanes of at least 4 members (excludes halogenated alkanes) is 3. The number of nitriles is 1. The van der Waals surface area contributed by atoms with Crippen LogP contribution in [0.2, 0.25) is 0 Å². The largest absolute Gasteiger partial charge is 0.497 e. The van der Waals surface area contributed by atoms with Crippen molar-refractivity contribution in [1.82, 2.24) is 18.5 Å².